The molecule has 26 heavy (non-hydrogen) atoms. The number of carbonyl (C=O) groups excluding carboxylic acids is 1. The number of rotatable bonds is 6. The summed E-state index contributed by atoms with van der Waals surface area (Å²) in [6, 6.07) is 6.23. The van der Waals surface area contributed by atoms with Gasteiger partial charge in [0.05, 0.1) is 48.7 Å². The Morgan fingerprint density at radius 3 is 2.12 bits per heavy atom. The lowest BCUT2D eigenvalue weighted by atomic mass is 10.2. The Labute approximate surface area is 154 Å². The van der Waals surface area contributed by atoms with E-state index in [1.807, 2.05) is 0 Å². The lowest BCUT2D eigenvalue weighted by Gasteiger charge is -2.14. The molecule has 0 bridgehead atoms. The molecule has 2 aromatic carbocycles. The van der Waals surface area contributed by atoms with E-state index in [1.165, 1.54) is 51.7 Å². The second-order valence-corrected chi connectivity index (χ2v) is 5.32. The molecular formula is C16H16ClN3O6. The van der Waals surface area contributed by atoms with Crippen molar-refractivity contribution in [1.29, 1.82) is 0 Å². The summed E-state index contributed by atoms with van der Waals surface area (Å²) >= 11 is 6.06. The van der Waals surface area contributed by atoms with Gasteiger partial charge in [0.2, 0.25) is 0 Å². The second kappa shape index (κ2) is 8.26. The molecule has 0 saturated carbocycles. The average molecular weight is 382 g/mol. The lowest BCUT2D eigenvalue weighted by molar-refractivity contribution is -0.384. The summed E-state index contributed by atoms with van der Waals surface area (Å²) in [6.45, 7) is 0. The van der Waals surface area contributed by atoms with E-state index in [1.54, 1.807) is 0 Å². The van der Waals surface area contributed by atoms with E-state index in [4.69, 9.17) is 25.8 Å². The van der Waals surface area contributed by atoms with Crippen molar-refractivity contribution in [3.63, 3.8) is 0 Å². The number of urea groups is 1. The molecule has 0 spiro atoms. The van der Waals surface area contributed by atoms with Gasteiger partial charge in [0.25, 0.3) is 5.69 Å². The first kappa shape index (κ1) is 19.1. The molecule has 2 amide bonds. The van der Waals surface area contributed by atoms with Gasteiger partial charge in [0.15, 0.2) is 0 Å². The van der Waals surface area contributed by atoms with Gasteiger partial charge in [-0.3, -0.25) is 10.1 Å². The number of benzene rings is 2. The molecule has 0 aliphatic heterocycles. The van der Waals surface area contributed by atoms with E-state index in [-0.39, 0.29) is 22.1 Å². The molecule has 9 nitrogen and oxygen atoms in total. The van der Waals surface area contributed by atoms with Crippen molar-refractivity contribution in [1.82, 2.24) is 0 Å². The topological polar surface area (TPSA) is 112 Å². The van der Waals surface area contributed by atoms with E-state index < -0.39 is 11.0 Å². The van der Waals surface area contributed by atoms with Gasteiger partial charge < -0.3 is 24.8 Å². The van der Waals surface area contributed by atoms with E-state index in [2.05, 4.69) is 10.6 Å². The fraction of sp³-hybridized carbons (Fsp3) is 0.188. The zero-order valence-electron chi connectivity index (χ0n) is 14.2. The van der Waals surface area contributed by atoms with Crippen molar-refractivity contribution >= 4 is 34.7 Å². The van der Waals surface area contributed by atoms with Crippen molar-refractivity contribution in [2.75, 3.05) is 32.0 Å². The number of hydrogen-bond acceptors (Lipinski definition) is 6. The van der Waals surface area contributed by atoms with Gasteiger partial charge >= 0.3 is 6.03 Å². The van der Waals surface area contributed by atoms with Gasteiger partial charge in [-0.1, -0.05) is 11.6 Å². The van der Waals surface area contributed by atoms with Crippen LogP contribution in [0.4, 0.5) is 21.9 Å². The fourth-order valence-electron chi connectivity index (χ4n) is 2.13. The van der Waals surface area contributed by atoms with Gasteiger partial charge in [-0.15, -0.1) is 0 Å². The van der Waals surface area contributed by atoms with Crippen LogP contribution in [-0.2, 0) is 0 Å². The van der Waals surface area contributed by atoms with Gasteiger partial charge in [-0.2, -0.15) is 0 Å². The molecular weight excluding hydrogens is 366 g/mol. The smallest absolute Gasteiger partial charge is 0.323 e. The third kappa shape index (κ3) is 4.25. The van der Waals surface area contributed by atoms with E-state index in [0.29, 0.717) is 17.2 Å². The number of anilines is 2. The molecule has 0 atom stereocenters. The summed E-state index contributed by atoms with van der Waals surface area (Å²) in [5.74, 6) is 0.887. The van der Waals surface area contributed by atoms with Gasteiger partial charge in [-0.05, 0) is 12.1 Å². The predicted octanol–water partition coefficient (Wildman–Crippen LogP) is 3.92. The quantitative estimate of drug-likeness (QED) is 0.579. The molecule has 138 valence electrons. The number of nitrogens with one attached hydrogen (secondary N) is 2. The maximum Gasteiger partial charge on any atom is 0.323 e. The molecule has 2 aromatic rings. The Bertz CT molecular complexity index is 843. The highest BCUT2D eigenvalue weighted by Gasteiger charge is 2.16. The Morgan fingerprint density at radius 2 is 1.54 bits per heavy atom. The third-order valence-electron chi connectivity index (χ3n) is 3.37. The number of hydrogen-bond donors (Lipinski definition) is 2. The second-order valence-electron chi connectivity index (χ2n) is 4.91. The molecule has 0 fully saturated rings. The zero-order chi connectivity index (χ0) is 19.3. The minimum Gasteiger partial charge on any atom is -0.495 e. The van der Waals surface area contributed by atoms with Crippen LogP contribution in [0.5, 0.6) is 17.2 Å². The number of amides is 2. The summed E-state index contributed by atoms with van der Waals surface area (Å²) in [7, 11) is 4.24. The third-order valence-corrected chi connectivity index (χ3v) is 3.66. The van der Waals surface area contributed by atoms with Crippen LogP contribution in [0.1, 0.15) is 0 Å². The van der Waals surface area contributed by atoms with Crippen molar-refractivity contribution in [2.45, 2.75) is 0 Å². The van der Waals surface area contributed by atoms with Gasteiger partial charge in [-0.25, -0.2) is 4.79 Å². The maximum absolute atomic E-state index is 12.3. The number of carbonyl (C=O) groups is 1. The molecule has 0 heterocycles. The van der Waals surface area contributed by atoms with E-state index >= 15 is 0 Å². The van der Waals surface area contributed by atoms with Gasteiger partial charge in [0.1, 0.15) is 17.2 Å². The average Bonchev–Trinajstić information content (AvgIpc) is 2.62. The molecule has 0 aliphatic carbocycles. The van der Waals surface area contributed by atoms with Gasteiger partial charge in [0, 0.05) is 12.1 Å². The highest BCUT2D eigenvalue weighted by Crippen LogP contribution is 2.36. The summed E-state index contributed by atoms with van der Waals surface area (Å²) in [5.41, 5.74) is 0.419. The monoisotopic (exact) mass is 381 g/mol. The number of nitro benzene ring substituents is 1. The molecule has 0 aliphatic rings. The van der Waals surface area contributed by atoms with Crippen LogP contribution in [0.3, 0.4) is 0 Å². The van der Waals surface area contributed by atoms with E-state index in [0.717, 1.165) is 0 Å². The standard InChI is InChI=1S/C16H16ClN3O6/c1-24-13-8-15(26-3)12(7-10(13)17)19-16(21)18-11-5-4-9(20(22)23)6-14(11)25-2/h4-8H,1-3H3,(H2,18,19,21). The normalized spacial score (nSPS) is 10.0. The minimum absolute atomic E-state index is 0.147. The summed E-state index contributed by atoms with van der Waals surface area (Å²) in [4.78, 5) is 22.5. The van der Waals surface area contributed by atoms with Crippen LogP contribution in [0, 0.1) is 10.1 Å². The molecule has 10 heteroatoms. The summed E-state index contributed by atoms with van der Waals surface area (Å²) in [6.07, 6.45) is 0. The highest BCUT2D eigenvalue weighted by molar-refractivity contribution is 6.32. The molecule has 0 radical (unpaired) electrons. The van der Waals surface area contributed by atoms with Crippen LogP contribution >= 0.6 is 11.6 Å². The first-order valence-electron chi connectivity index (χ1n) is 7.21. The molecule has 0 unspecified atom stereocenters. The molecule has 0 aromatic heterocycles. The van der Waals surface area contributed by atoms with E-state index in [9.17, 15) is 14.9 Å². The zero-order valence-corrected chi connectivity index (χ0v) is 14.9. The number of halogens is 1. The van der Waals surface area contributed by atoms with Crippen molar-refractivity contribution < 1.29 is 23.9 Å². The molecule has 2 rings (SSSR count). The van der Waals surface area contributed by atoms with Crippen LogP contribution in [-0.4, -0.2) is 32.3 Å². The van der Waals surface area contributed by atoms with Crippen LogP contribution in [0.2, 0.25) is 5.02 Å². The van der Waals surface area contributed by atoms with Crippen LogP contribution < -0.4 is 24.8 Å². The van der Waals surface area contributed by atoms with Crippen molar-refractivity contribution in [3.8, 4) is 17.2 Å². The largest absolute Gasteiger partial charge is 0.495 e. The number of nitrogens with zero attached hydrogens (tertiary/aromatic N) is 1. The molecule has 0 saturated heterocycles. The Kier molecular flexibility index (Phi) is 6.07. The van der Waals surface area contributed by atoms with Crippen LogP contribution in [0.15, 0.2) is 30.3 Å². The Morgan fingerprint density at radius 1 is 0.962 bits per heavy atom. The Balaban J connectivity index is 2.21. The fourth-order valence-corrected chi connectivity index (χ4v) is 2.37. The lowest BCUT2D eigenvalue weighted by Crippen LogP contribution is -2.20. The first-order valence-corrected chi connectivity index (χ1v) is 7.59. The predicted molar refractivity (Wildman–Crippen MR) is 96.8 cm³/mol. The first-order chi connectivity index (χ1) is 12.4. The summed E-state index contributed by atoms with van der Waals surface area (Å²) < 4.78 is 15.4. The number of nitro groups is 1. The SMILES string of the molecule is COc1cc(OC)c(NC(=O)Nc2ccc([N+](=O)[O-])cc2OC)cc1Cl. The van der Waals surface area contributed by atoms with Crippen molar-refractivity contribution in [2.24, 2.45) is 0 Å². The maximum atomic E-state index is 12.3. The summed E-state index contributed by atoms with van der Waals surface area (Å²) in [5, 5.41) is 16.2. The Hall–Kier alpha value is -3.20. The molecule has 2 N–H and O–H groups in total. The highest BCUT2D eigenvalue weighted by atomic mass is 35.5. The number of methoxy groups -OCH3 is 3. The number of non-ortho nitro benzene ring substituents is 1. The van der Waals surface area contributed by atoms with Crippen molar-refractivity contribution in [3.05, 3.63) is 45.5 Å². The van der Waals surface area contributed by atoms with Crippen LogP contribution in [0.25, 0.3) is 0 Å². The number of ether oxygens (including phenoxy) is 3. The minimum atomic E-state index is -0.614.